The van der Waals surface area contributed by atoms with E-state index in [2.05, 4.69) is 4.98 Å². The van der Waals surface area contributed by atoms with Crippen LogP contribution in [-0.4, -0.2) is 36.2 Å². The fourth-order valence-corrected chi connectivity index (χ4v) is 5.24. The number of carbonyl (C=O) groups is 1. The van der Waals surface area contributed by atoms with Gasteiger partial charge in [0, 0.05) is 19.3 Å². The van der Waals surface area contributed by atoms with Crippen LogP contribution in [0.25, 0.3) is 15.9 Å². The average Bonchev–Trinajstić information content (AvgIpc) is 3.33. The van der Waals surface area contributed by atoms with E-state index < -0.39 is 23.3 Å². The first-order chi connectivity index (χ1) is 15.2. The van der Waals surface area contributed by atoms with Crippen molar-refractivity contribution in [2.24, 2.45) is 7.05 Å². The minimum atomic E-state index is -1.32. The van der Waals surface area contributed by atoms with E-state index in [0.717, 1.165) is 15.9 Å². The number of aliphatic hydroxyl groups is 1. The lowest BCUT2D eigenvalue weighted by Crippen LogP contribution is -2.38. The van der Waals surface area contributed by atoms with Gasteiger partial charge in [-0.3, -0.25) is 18.3 Å². The van der Waals surface area contributed by atoms with Gasteiger partial charge in [-0.2, -0.15) is 0 Å². The number of nitrogens with zero attached hydrogens (tertiary/aromatic N) is 4. The molecule has 11 heteroatoms. The van der Waals surface area contributed by atoms with E-state index in [0.29, 0.717) is 21.2 Å². The summed E-state index contributed by atoms with van der Waals surface area (Å²) in [6, 6.07) is 3.08. The van der Waals surface area contributed by atoms with Gasteiger partial charge in [0.2, 0.25) is 0 Å². The first-order valence-electron chi connectivity index (χ1n) is 9.92. The van der Waals surface area contributed by atoms with Crippen molar-refractivity contribution in [2.45, 2.75) is 32.9 Å². The Hall–Kier alpha value is -2.95. The highest BCUT2D eigenvalue weighted by atomic mass is 35.5. The molecule has 4 heterocycles. The highest BCUT2D eigenvalue weighted by Gasteiger charge is 2.31. The van der Waals surface area contributed by atoms with Crippen LogP contribution in [0.1, 0.15) is 53.8 Å². The normalized spacial score (nSPS) is 12.7. The van der Waals surface area contributed by atoms with E-state index >= 15 is 0 Å². The maximum absolute atomic E-state index is 13.1. The van der Waals surface area contributed by atoms with E-state index in [-0.39, 0.29) is 28.5 Å². The molecule has 1 N–H and O–H groups in total. The van der Waals surface area contributed by atoms with E-state index in [1.807, 2.05) is 0 Å². The molecule has 0 saturated carbocycles. The third kappa shape index (κ3) is 3.35. The molecule has 0 aliphatic heterocycles. The van der Waals surface area contributed by atoms with Gasteiger partial charge in [0.05, 0.1) is 39.3 Å². The van der Waals surface area contributed by atoms with Crippen molar-refractivity contribution in [3.63, 3.8) is 0 Å². The molecule has 4 aromatic heterocycles. The number of aliphatic hydroxyl groups excluding tert-OH is 1. The van der Waals surface area contributed by atoms with Gasteiger partial charge in [0.1, 0.15) is 16.6 Å². The topological polar surface area (TPSA) is 108 Å². The number of hydrogen-bond donors (Lipinski definition) is 1. The summed E-state index contributed by atoms with van der Waals surface area (Å²) in [4.78, 5) is 43.6. The van der Waals surface area contributed by atoms with Crippen LogP contribution in [0.15, 0.2) is 34.1 Å². The molecule has 0 saturated heterocycles. The van der Waals surface area contributed by atoms with E-state index in [1.54, 1.807) is 43.5 Å². The summed E-state index contributed by atoms with van der Waals surface area (Å²) in [5.74, 6) is -0.745. The number of imidazole rings is 1. The Morgan fingerprint density at radius 3 is 2.69 bits per heavy atom. The van der Waals surface area contributed by atoms with Gasteiger partial charge in [-0.05, 0) is 32.9 Å². The number of ether oxygens (including phenoxy) is 1. The van der Waals surface area contributed by atoms with Crippen molar-refractivity contribution in [3.8, 4) is 0 Å². The molecule has 4 aromatic rings. The van der Waals surface area contributed by atoms with Crippen LogP contribution in [0.3, 0.4) is 0 Å². The zero-order chi connectivity index (χ0) is 23.3. The van der Waals surface area contributed by atoms with Gasteiger partial charge in [-0.15, -0.1) is 11.3 Å². The second-order valence-corrected chi connectivity index (χ2v) is 8.98. The predicted molar refractivity (Wildman–Crippen MR) is 122 cm³/mol. The zero-order valence-electron chi connectivity index (χ0n) is 17.8. The molecule has 0 bridgehead atoms. The summed E-state index contributed by atoms with van der Waals surface area (Å²) >= 11 is 7.13. The van der Waals surface area contributed by atoms with Crippen LogP contribution in [0, 0.1) is 0 Å². The predicted octanol–water partition coefficient (Wildman–Crippen LogP) is 2.90. The van der Waals surface area contributed by atoms with E-state index in [9.17, 15) is 19.5 Å². The second-order valence-electron chi connectivity index (χ2n) is 7.51. The van der Waals surface area contributed by atoms with E-state index in [4.69, 9.17) is 16.3 Å². The Bertz CT molecular complexity index is 1480. The summed E-state index contributed by atoms with van der Waals surface area (Å²) in [6.07, 6.45) is 1.76. The molecule has 0 aliphatic carbocycles. The summed E-state index contributed by atoms with van der Waals surface area (Å²) in [6.45, 7) is 5.34. The Labute approximate surface area is 191 Å². The molecule has 0 radical (unpaired) electrons. The van der Waals surface area contributed by atoms with Crippen LogP contribution >= 0.6 is 22.9 Å². The standard InChI is InChI=1S/C21H21ClN4O5S/c1-5-31-20(29)14-15-18(28)24(4)21(30)26(10(2)3)19(15)32-17(14)16(27)12-8-23-13-7-6-11(22)9-25(12)13/h6-10,16,27H,5H2,1-4H3. The van der Waals surface area contributed by atoms with Crippen molar-refractivity contribution in [3.05, 3.63) is 66.5 Å². The average molecular weight is 477 g/mol. The molecule has 0 aromatic carbocycles. The number of hydrogen-bond acceptors (Lipinski definition) is 7. The summed E-state index contributed by atoms with van der Waals surface area (Å²) in [5.41, 5.74) is -0.268. The van der Waals surface area contributed by atoms with Crippen molar-refractivity contribution < 1.29 is 14.6 Å². The Kier molecular flexibility index (Phi) is 5.70. The van der Waals surface area contributed by atoms with Gasteiger partial charge in [-0.25, -0.2) is 14.6 Å². The molecule has 168 valence electrons. The minimum Gasteiger partial charge on any atom is -0.462 e. The number of rotatable bonds is 5. The molecule has 4 rings (SSSR count). The van der Waals surface area contributed by atoms with Gasteiger partial charge in [-0.1, -0.05) is 11.6 Å². The molecule has 0 amide bonds. The van der Waals surface area contributed by atoms with Crippen LogP contribution in [0.2, 0.25) is 5.02 Å². The van der Waals surface area contributed by atoms with Gasteiger partial charge in [0.15, 0.2) is 0 Å². The molecule has 1 atom stereocenters. The van der Waals surface area contributed by atoms with Crippen molar-refractivity contribution >= 4 is 44.8 Å². The van der Waals surface area contributed by atoms with Crippen molar-refractivity contribution in [1.29, 1.82) is 0 Å². The zero-order valence-corrected chi connectivity index (χ0v) is 19.4. The Balaban J connectivity index is 2.09. The SMILES string of the molecule is CCOC(=O)c1c(C(O)c2cnc3ccc(Cl)cn23)sc2c1c(=O)n(C)c(=O)n2C(C)C. The maximum Gasteiger partial charge on any atom is 0.340 e. The second kappa shape index (κ2) is 8.19. The number of thiophene rings is 1. The molecular weight excluding hydrogens is 456 g/mol. The summed E-state index contributed by atoms with van der Waals surface area (Å²) < 4.78 is 9.22. The molecule has 1 unspecified atom stereocenters. The van der Waals surface area contributed by atoms with Crippen molar-refractivity contribution in [1.82, 2.24) is 18.5 Å². The molecule has 32 heavy (non-hydrogen) atoms. The number of pyridine rings is 1. The first kappa shape index (κ1) is 22.3. The number of carbonyl (C=O) groups excluding carboxylic acids is 1. The first-order valence-corrected chi connectivity index (χ1v) is 11.1. The van der Waals surface area contributed by atoms with Crippen LogP contribution in [-0.2, 0) is 11.8 Å². The molecule has 9 nitrogen and oxygen atoms in total. The number of fused-ring (bicyclic) bond motifs is 2. The lowest BCUT2D eigenvalue weighted by molar-refractivity contribution is 0.0524. The van der Waals surface area contributed by atoms with Crippen LogP contribution in [0.5, 0.6) is 0 Å². The fourth-order valence-electron chi connectivity index (χ4n) is 3.67. The monoisotopic (exact) mass is 476 g/mol. The Morgan fingerprint density at radius 1 is 1.31 bits per heavy atom. The van der Waals surface area contributed by atoms with Gasteiger partial charge >= 0.3 is 11.7 Å². The lowest BCUT2D eigenvalue weighted by atomic mass is 10.1. The largest absolute Gasteiger partial charge is 0.462 e. The smallest absolute Gasteiger partial charge is 0.340 e. The summed E-state index contributed by atoms with van der Waals surface area (Å²) in [5, 5.41) is 11.8. The van der Waals surface area contributed by atoms with Crippen LogP contribution in [0.4, 0.5) is 0 Å². The molecule has 0 aliphatic rings. The number of aromatic nitrogens is 4. The highest BCUT2D eigenvalue weighted by molar-refractivity contribution is 7.19. The van der Waals surface area contributed by atoms with E-state index in [1.165, 1.54) is 17.8 Å². The third-order valence-corrected chi connectivity index (χ3v) is 6.63. The molecule has 0 spiro atoms. The molecular formula is C21H21ClN4O5S. The number of esters is 1. The highest BCUT2D eigenvalue weighted by Crippen LogP contribution is 2.37. The van der Waals surface area contributed by atoms with Crippen LogP contribution < -0.4 is 11.2 Å². The van der Waals surface area contributed by atoms with Gasteiger partial charge < -0.3 is 9.84 Å². The Morgan fingerprint density at radius 2 is 2.03 bits per heavy atom. The quantitative estimate of drug-likeness (QED) is 0.444. The number of halogens is 1. The van der Waals surface area contributed by atoms with Crippen molar-refractivity contribution in [2.75, 3.05) is 6.61 Å². The van der Waals surface area contributed by atoms with Gasteiger partial charge in [0.25, 0.3) is 5.56 Å². The fraction of sp³-hybridized carbons (Fsp3) is 0.333. The third-order valence-electron chi connectivity index (χ3n) is 5.17. The summed E-state index contributed by atoms with van der Waals surface area (Å²) in [7, 11) is 1.36. The minimum absolute atomic E-state index is 0.0464. The maximum atomic E-state index is 13.1. The molecule has 0 fully saturated rings. The lowest BCUT2D eigenvalue weighted by Gasteiger charge is -2.12.